The minimum absolute atomic E-state index is 0.0529. The van der Waals surface area contributed by atoms with Crippen LogP contribution in [0.4, 0.5) is 8.78 Å². The van der Waals surface area contributed by atoms with E-state index in [-0.39, 0.29) is 18.2 Å². The van der Waals surface area contributed by atoms with Crippen LogP contribution in [0.1, 0.15) is 11.1 Å². The van der Waals surface area contributed by atoms with Crippen molar-refractivity contribution in [3.05, 3.63) is 53.6 Å². The molecule has 28 heavy (non-hydrogen) atoms. The first-order valence-electron chi connectivity index (χ1n) is 8.26. The van der Waals surface area contributed by atoms with Crippen molar-refractivity contribution in [1.82, 2.24) is 5.32 Å². The molecule has 150 valence electrons. The van der Waals surface area contributed by atoms with E-state index in [9.17, 15) is 13.6 Å². The first kappa shape index (κ1) is 21.0. The fraction of sp³-hybridized carbons (Fsp3) is 0.250. The summed E-state index contributed by atoms with van der Waals surface area (Å²) in [5, 5.41) is 2.74. The molecule has 0 unspecified atom stereocenters. The molecule has 0 spiro atoms. The molecule has 2 aromatic carbocycles. The van der Waals surface area contributed by atoms with Gasteiger partial charge in [0.15, 0.2) is 11.5 Å². The third-order valence-electron chi connectivity index (χ3n) is 3.77. The molecule has 1 amide bonds. The Morgan fingerprint density at radius 3 is 2.18 bits per heavy atom. The smallest absolute Gasteiger partial charge is 0.387 e. The number of benzene rings is 2. The number of hydrogen-bond acceptors (Lipinski definition) is 5. The number of rotatable bonds is 9. The van der Waals surface area contributed by atoms with Gasteiger partial charge in [0, 0.05) is 24.3 Å². The SMILES string of the molecule is COc1cc(OC)c(OC)cc1CNC(=O)/C=C/c1ccc(OC(F)F)cc1. The lowest BCUT2D eigenvalue weighted by Gasteiger charge is -2.14. The standard InChI is InChI=1S/C20H21F2NO5/c1-25-16-11-18(27-3)17(26-2)10-14(16)12-23-19(24)9-6-13-4-7-15(8-5-13)28-20(21)22/h4-11,20H,12H2,1-3H3,(H,23,24)/b9-6+. The maximum Gasteiger partial charge on any atom is 0.387 e. The molecule has 0 aliphatic rings. The number of nitrogens with one attached hydrogen (secondary N) is 1. The second kappa shape index (κ2) is 10.1. The molecule has 0 aliphatic heterocycles. The van der Waals surface area contributed by atoms with Gasteiger partial charge in [-0.3, -0.25) is 4.79 Å². The fourth-order valence-corrected chi connectivity index (χ4v) is 2.40. The summed E-state index contributed by atoms with van der Waals surface area (Å²) in [6.45, 7) is -2.66. The molecule has 0 fully saturated rings. The molecule has 0 heterocycles. The Balaban J connectivity index is 1.99. The number of alkyl halides is 2. The largest absolute Gasteiger partial charge is 0.496 e. The first-order valence-corrected chi connectivity index (χ1v) is 8.26. The van der Waals surface area contributed by atoms with E-state index >= 15 is 0 Å². The quantitative estimate of drug-likeness (QED) is 0.659. The van der Waals surface area contributed by atoms with Crippen LogP contribution in [0, 0.1) is 0 Å². The summed E-state index contributed by atoms with van der Waals surface area (Å²) in [6, 6.07) is 9.34. The molecule has 0 saturated heterocycles. The number of hydrogen-bond donors (Lipinski definition) is 1. The van der Waals surface area contributed by atoms with Gasteiger partial charge in [-0.1, -0.05) is 12.1 Å². The van der Waals surface area contributed by atoms with Gasteiger partial charge in [-0.2, -0.15) is 8.78 Å². The number of amides is 1. The van der Waals surface area contributed by atoms with E-state index in [0.29, 0.717) is 22.8 Å². The molecule has 8 heteroatoms. The highest BCUT2D eigenvalue weighted by molar-refractivity contribution is 5.91. The Bertz CT molecular complexity index is 822. The number of halogens is 2. The summed E-state index contributed by atoms with van der Waals surface area (Å²) >= 11 is 0. The maximum absolute atomic E-state index is 12.1. The van der Waals surface area contributed by atoms with E-state index in [4.69, 9.17) is 14.2 Å². The zero-order chi connectivity index (χ0) is 20.5. The highest BCUT2D eigenvalue weighted by atomic mass is 19.3. The Morgan fingerprint density at radius 2 is 1.61 bits per heavy atom. The van der Waals surface area contributed by atoms with Crippen LogP contribution < -0.4 is 24.3 Å². The van der Waals surface area contributed by atoms with Crippen molar-refractivity contribution >= 4 is 12.0 Å². The van der Waals surface area contributed by atoms with Gasteiger partial charge in [-0.15, -0.1) is 0 Å². The average Bonchev–Trinajstić information content (AvgIpc) is 2.70. The lowest BCUT2D eigenvalue weighted by Crippen LogP contribution is -2.20. The van der Waals surface area contributed by atoms with Gasteiger partial charge in [0.05, 0.1) is 21.3 Å². The summed E-state index contributed by atoms with van der Waals surface area (Å²) in [7, 11) is 4.57. The first-order chi connectivity index (χ1) is 13.5. The Hall–Kier alpha value is -3.29. The number of methoxy groups -OCH3 is 3. The fourth-order valence-electron chi connectivity index (χ4n) is 2.40. The van der Waals surface area contributed by atoms with E-state index in [0.717, 1.165) is 5.56 Å². The van der Waals surface area contributed by atoms with Crippen molar-refractivity contribution in [3.8, 4) is 23.0 Å². The molecule has 1 N–H and O–H groups in total. The van der Waals surface area contributed by atoms with Crippen LogP contribution in [0.15, 0.2) is 42.5 Å². The lowest BCUT2D eigenvalue weighted by molar-refractivity contribution is -0.116. The summed E-state index contributed by atoms with van der Waals surface area (Å²) < 4.78 is 44.3. The number of carbonyl (C=O) groups excluding carboxylic acids is 1. The van der Waals surface area contributed by atoms with Crippen molar-refractivity contribution in [1.29, 1.82) is 0 Å². The zero-order valence-electron chi connectivity index (χ0n) is 15.7. The van der Waals surface area contributed by atoms with Crippen LogP contribution in [-0.2, 0) is 11.3 Å². The molecule has 2 aromatic rings. The second-order valence-electron chi connectivity index (χ2n) is 5.52. The van der Waals surface area contributed by atoms with Crippen LogP contribution in [0.5, 0.6) is 23.0 Å². The third kappa shape index (κ3) is 5.87. The third-order valence-corrected chi connectivity index (χ3v) is 3.77. The topological polar surface area (TPSA) is 66.0 Å². The van der Waals surface area contributed by atoms with Crippen molar-refractivity contribution in [2.45, 2.75) is 13.2 Å². The molecule has 2 rings (SSSR count). The molecule has 0 saturated carbocycles. The van der Waals surface area contributed by atoms with E-state index in [1.54, 1.807) is 30.3 Å². The van der Waals surface area contributed by atoms with E-state index < -0.39 is 6.61 Å². The maximum atomic E-state index is 12.1. The normalized spacial score (nSPS) is 10.8. The Kier molecular flexibility index (Phi) is 7.62. The van der Waals surface area contributed by atoms with Gasteiger partial charge in [-0.05, 0) is 29.8 Å². The van der Waals surface area contributed by atoms with Crippen LogP contribution in [0.25, 0.3) is 6.08 Å². The molecular weight excluding hydrogens is 372 g/mol. The minimum Gasteiger partial charge on any atom is -0.496 e. The second-order valence-corrected chi connectivity index (χ2v) is 5.52. The van der Waals surface area contributed by atoms with Crippen LogP contribution in [0.3, 0.4) is 0 Å². The van der Waals surface area contributed by atoms with Gasteiger partial charge in [0.2, 0.25) is 5.91 Å². The van der Waals surface area contributed by atoms with E-state index in [2.05, 4.69) is 10.1 Å². The minimum atomic E-state index is -2.87. The number of carbonyl (C=O) groups is 1. The summed E-state index contributed by atoms with van der Waals surface area (Å²) in [5.41, 5.74) is 1.39. The predicted octanol–water partition coefficient (Wildman–Crippen LogP) is 3.64. The highest BCUT2D eigenvalue weighted by Gasteiger charge is 2.12. The monoisotopic (exact) mass is 393 g/mol. The summed E-state index contributed by atoms with van der Waals surface area (Å²) in [5.74, 6) is 1.32. The van der Waals surface area contributed by atoms with Crippen LogP contribution in [-0.4, -0.2) is 33.8 Å². The van der Waals surface area contributed by atoms with Gasteiger partial charge in [-0.25, -0.2) is 0 Å². The summed E-state index contributed by atoms with van der Waals surface area (Å²) in [6.07, 6.45) is 2.91. The molecule has 0 bridgehead atoms. The van der Waals surface area contributed by atoms with Crippen molar-refractivity contribution < 1.29 is 32.5 Å². The molecule has 6 nitrogen and oxygen atoms in total. The molecule has 0 radical (unpaired) electrons. The molecular formula is C20H21F2NO5. The van der Waals surface area contributed by atoms with E-state index in [1.165, 1.54) is 39.5 Å². The molecule has 0 aliphatic carbocycles. The predicted molar refractivity (Wildman–Crippen MR) is 100 cm³/mol. The van der Waals surface area contributed by atoms with Crippen LogP contribution in [0.2, 0.25) is 0 Å². The molecule has 0 atom stereocenters. The van der Waals surface area contributed by atoms with Crippen molar-refractivity contribution in [2.75, 3.05) is 21.3 Å². The lowest BCUT2D eigenvalue weighted by atomic mass is 10.1. The van der Waals surface area contributed by atoms with Gasteiger partial charge in [0.1, 0.15) is 11.5 Å². The van der Waals surface area contributed by atoms with Gasteiger partial charge < -0.3 is 24.3 Å². The Morgan fingerprint density at radius 1 is 1.00 bits per heavy atom. The van der Waals surface area contributed by atoms with Crippen molar-refractivity contribution in [2.24, 2.45) is 0 Å². The van der Waals surface area contributed by atoms with Crippen molar-refractivity contribution in [3.63, 3.8) is 0 Å². The van der Waals surface area contributed by atoms with Crippen LogP contribution >= 0.6 is 0 Å². The zero-order valence-corrected chi connectivity index (χ0v) is 15.7. The van der Waals surface area contributed by atoms with Gasteiger partial charge >= 0.3 is 6.61 Å². The number of ether oxygens (including phenoxy) is 4. The molecule has 0 aromatic heterocycles. The Labute approximate surface area is 161 Å². The van der Waals surface area contributed by atoms with Gasteiger partial charge in [0.25, 0.3) is 0 Å². The highest BCUT2D eigenvalue weighted by Crippen LogP contribution is 2.34. The average molecular weight is 393 g/mol. The summed E-state index contributed by atoms with van der Waals surface area (Å²) in [4.78, 5) is 12.1. The van der Waals surface area contributed by atoms with E-state index in [1.807, 2.05) is 0 Å².